The molecule has 0 saturated heterocycles. The van der Waals surface area contributed by atoms with E-state index in [0.29, 0.717) is 12.5 Å². The Morgan fingerprint density at radius 2 is 1.90 bits per heavy atom. The molecule has 0 saturated carbocycles. The highest BCUT2D eigenvalue weighted by molar-refractivity contribution is 14.0. The van der Waals surface area contributed by atoms with E-state index < -0.39 is 5.60 Å². The molecule has 0 bridgehead atoms. The van der Waals surface area contributed by atoms with Gasteiger partial charge in [-0.3, -0.25) is 4.68 Å². The van der Waals surface area contributed by atoms with Crippen LogP contribution in [0.1, 0.15) is 64.9 Å². The van der Waals surface area contributed by atoms with Gasteiger partial charge >= 0.3 is 6.09 Å². The van der Waals surface area contributed by atoms with E-state index in [0.717, 1.165) is 42.4 Å². The molecule has 2 N–H and O–H groups in total. The molecule has 0 aliphatic heterocycles. The molecule has 1 aromatic heterocycles. The quantitative estimate of drug-likeness (QED) is 0.291. The zero-order chi connectivity index (χ0) is 23.1. The third-order valence-electron chi connectivity index (χ3n) is 5.02. The van der Waals surface area contributed by atoms with Crippen molar-refractivity contribution >= 4 is 36.0 Å². The lowest BCUT2D eigenvalue weighted by molar-refractivity contribution is 0.0486. The van der Waals surface area contributed by atoms with Gasteiger partial charge in [-0.1, -0.05) is 13.8 Å². The zero-order valence-corrected chi connectivity index (χ0v) is 23.3. The van der Waals surface area contributed by atoms with Crippen LogP contribution in [0.5, 0.6) is 0 Å². The lowest BCUT2D eigenvalue weighted by Gasteiger charge is -2.28. The monoisotopic (exact) mass is 550 g/mol. The molecule has 0 aromatic carbocycles. The third kappa shape index (κ3) is 10.1. The molecule has 1 heterocycles. The van der Waals surface area contributed by atoms with Crippen LogP contribution >= 0.6 is 24.0 Å². The first-order valence-electron chi connectivity index (χ1n) is 10.8. The molecule has 9 heteroatoms. The first-order chi connectivity index (χ1) is 13.9. The minimum atomic E-state index is -0.504. The summed E-state index contributed by atoms with van der Waals surface area (Å²) in [5.41, 5.74) is 2.80. The molecule has 1 unspecified atom stereocenters. The maximum atomic E-state index is 12.2. The van der Waals surface area contributed by atoms with Crippen LogP contribution in [0.2, 0.25) is 0 Å². The van der Waals surface area contributed by atoms with E-state index in [1.54, 1.807) is 0 Å². The predicted octanol–water partition coefficient (Wildman–Crippen LogP) is 3.99. The number of rotatable bonds is 8. The number of hydrogen-bond donors (Lipinski definition) is 2. The summed E-state index contributed by atoms with van der Waals surface area (Å²) in [6.45, 7) is 18.1. The van der Waals surface area contributed by atoms with Crippen LogP contribution in [-0.2, 0) is 18.3 Å². The summed E-state index contributed by atoms with van der Waals surface area (Å²) >= 11 is 0. The van der Waals surface area contributed by atoms with Crippen molar-refractivity contribution in [1.82, 2.24) is 25.3 Å². The van der Waals surface area contributed by atoms with Crippen LogP contribution < -0.4 is 10.6 Å². The van der Waals surface area contributed by atoms with Crippen LogP contribution in [-0.4, -0.2) is 58.5 Å². The number of carbonyl (C=O) groups is 1. The molecule has 31 heavy (non-hydrogen) atoms. The number of guanidine groups is 1. The van der Waals surface area contributed by atoms with Crippen molar-refractivity contribution in [3.63, 3.8) is 0 Å². The number of nitrogens with one attached hydrogen (secondary N) is 2. The van der Waals surface area contributed by atoms with E-state index in [9.17, 15) is 4.79 Å². The number of aryl methyl sites for hydroxylation is 2. The van der Waals surface area contributed by atoms with Gasteiger partial charge in [0.15, 0.2) is 5.96 Å². The predicted molar refractivity (Wildman–Crippen MR) is 138 cm³/mol. The van der Waals surface area contributed by atoms with E-state index in [2.05, 4.69) is 48.3 Å². The molecule has 0 radical (unpaired) electrons. The molecular weight excluding hydrogens is 507 g/mol. The van der Waals surface area contributed by atoms with Crippen LogP contribution in [0.15, 0.2) is 4.99 Å². The van der Waals surface area contributed by atoms with Gasteiger partial charge in [0.1, 0.15) is 5.60 Å². The highest BCUT2D eigenvalue weighted by Gasteiger charge is 2.22. The second kappa shape index (κ2) is 13.1. The molecule has 0 fully saturated rings. The molecule has 1 amide bonds. The molecule has 8 nitrogen and oxygen atoms in total. The summed E-state index contributed by atoms with van der Waals surface area (Å²) < 4.78 is 7.31. The molecule has 0 aliphatic rings. The van der Waals surface area contributed by atoms with Crippen molar-refractivity contribution in [1.29, 1.82) is 0 Å². The molecular formula is C22H43IN6O2. The van der Waals surface area contributed by atoms with Gasteiger partial charge in [0, 0.05) is 44.5 Å². The Balaban J connectivity index is 0.00000900. The second-order valence-electron chi connectivity index (χ2n) is 9.15. The number of nitrogens with zero attached hydrogens (tertiary/aromatic N) is 4. The van der Waals surface area contributed by atoms with Gasteiger partial charge in [0.05, 0.1) is 12.2 Å². The summed E-state index contributed by atoms with van der Waals surface area (Å²) in [7, 11) is 3.98. The Hall–Kier alpha value is -1.52. The SMILES string of the molecule is CCNC(=NCc1c(C)nn(C)c1C)N(C)CCC(NC(=O)OC(C)(C)C)C(C)C.I. The molecule has 0 aliphatic carbocycles. The topological polar surface area (TPSA) is 83.8 Å². The fourth-order valence-electron chi connectivity index (χ4n) is 3.14. The van der Waals surface area contributed by atoms with Gasteiger partial charge in [0.25, 0.3) is 0 Å². The van der Waals surface area contributed by atoms with Gasteiger partial charge < -0.3 is 20.3 Å². The van der Waals surface area contributed by atoms with Gasteiger partial charge in [-0.25, -0.2) is 9.79 Å². The van der Waals surface area contributed by atoms with E-state index in [1.807, 2.05) is 46.5 Å². The average molecular weight is 551 g/mol. The van der Waals surface area contributed by atoms with E-state index >= 15 is 0 Å². The minimum absolute atomic E-state index is 0. The largest absolute Gasteiger partial charge is 0.444 e. The normalized spacial score (nSPS) is 12.9. The molecule has 1 atom stereocenters. The van der Waals surface area contributed by atoms with Crippen molar-refractivity contribution < 1.29 is 9.53 Å². The first kappa shape index (κ1) is 29.5. The summed E-state index contributed by atoms with van der Waals surface area (Å²) in [5.74, 6) is 1.14. The summed E-state index contributed by atoms with van der Waals surface area (Å²) in [6, 6.07) is 0.0213. The van der Waals surface area contributed by atoms with Crippen molar-refractivity contribution in [3.05, 3.63) is 17.0 Å². The number of ether oxygens (including phenoxy) is 1. The fourth-order valence-corrected chi connectivity index (χ4v) is 3.14. The number of amides is 1. The lowest BCUT2D eigenvalue weighted by Crippen LogP contribution is -2.45. The average Bonchev–Trinajstić information content (AvgIpc) is 2.85. The summed E-state index contributed by atoms with van der Waals surface area (Å²) in [6.07, 6.45) is 0.426. The van der Waals surface area contributed by atoms with Crippen molar-refractivity contribution in [3.8, 4) is 0 Å². The molecule has 180 valence electrons. The number of aliphatic imine (C=N–C) groups is 1. The maximum Gasteiger partial charge on any atom is 0.407 e. The number of carbonyl (C=O) groups excluding carboxylic acids is 1. The Bertz CT molecular complexity index is 724. The van der Waals surface area contributed by atoms with Crippen LogP contribution in [0.3, 0.4) is 0 Å². The number of hydrogen-bond acceptors (Lipinski definition) is 4. The highest BCUT2D eigenvalue weighted by atomic mass is 127. The van der Waals surface area contributed by atoms with Gasteiger partial charge in [0.2, 0.25) is 0 Å². The molecule has 1 rings (SSSR count). The summed E-state index contributed by atoms with van der Waals surface area (Å²) in [4.78, 5) is 19.1. The van der Waals surface area contributed by atoms with Crippen molar-refractivity contribution in [2.75, 3.05) is 20.1 Å². The number of alkyl carbamates (subject to hydrolysis) is 1. The summed E-state index contributed by atoms with van der Waals surface area (Å²) in [5, 5.41) is 10.8. The highest BCUT2D eigenvalue weighted by Crippen LogP contribution is 2.14. The Morgan fingerprint density at radius 3 is 2.35 bits per heavy atom. The standard InChI is InChI=1S/C22H42N6O2.HI/c1-11-23-20(24-14-18-16(4)26-28(10)17(18)5)27(9)13-12-19(15(2)3)25-21(29)30-22(6,7)8;/h15,19H,11-14H2,1-10H3,(H,23,24)(H,25,29);1H. The van der Waals surface area contributed by atoms with E-state index in [-0.39, 0.29) is 36.1 Å². The van der Waals surface area contributed by atoms with Gasteiger partial charge in [-0.05, 0) is 53.9 Å². The first-order valence-corrected chi connectivity index (χ1v) is 10.8. The third-order valence-corrected chi connectivity index (χ3v) is 5.02. The second-order valence-corrected chi connectivity index (χ2v) is 9.15. The Morgan fingerprint density at radius 1 is 1.29 bits per heavy atom. The lowest BCUT2D eigenvalue weighted by atomic mass is 10.0. The molecule has 1 aromatic rings. The maximum absolute atomic E-state index is 12.2. The van der Waals surface area contributed by atoms with Crippen molar-refractivity contribution in [2.45, 2.75) is 80.0 Å². The van der Waals surface area contributed by atoms with Crippen molar-refractivity contribution in [2.24, 2.45) is 18.0 Å². The van der Waals surface area contributed by atoms with Gasteiger partial charge in [-0.15, -0.1) is 24.0 Å². The van der Waals surface area contributed by atoms with E-state index in [1.165, 1.54) is 0 Å². The smallest absolute Gasteiger partial charge is 0.407 e. The number of halogens is 1. The fraction of sp³-hybridized carbons (Fsp3) is 0.773. The Labute approximate surface area is 205 Å². The molecule has 0 spiro atoms. The number of aromatic nitrogens is 2. The van der Waals surface area contributed by atoms with Crippen LogP contribution in [0.25, 0.3) is 0 Å². The van der Waals surface area contributed by atoms with Crippen LogP contribution in [0, 0.1) is 19.8 Å². The van der Waals surface area contributed by atoms with Crippen LogP contribution in [0.4, 0.5) is 4.79 Å². The van der Waals surface area contributed by atoms with E-state index in [4.69, 9.17) is 9.73 Å². The Kier molecular flexibility index (Phi) is 12.5. The van der Waals surface area contributed by atoms with Gasteiger partial charge in [-0.2, -0.15) is 5.10 Å². The minimum Gasteiger partial charge on any atom is -0.444 e. The zero-order valence-electron chi connectivity index (χ0n) is 21.0.